The van der Waals surface area contributed by atoms with E-state index in [2.05, 4.69) is 11.9 Å². The standard InChI is InChI=1S/C20H21FN2O3/c1-3-4-9-25-20-12-17-14(11-19(20)24-2)18(7-8-23-17)26-13-5-6-16(22)15(21)10-13/h5-8,10-12H,3-4,9,22H2,1-2H3. The first-order valence-electron chi connectivity index (χ1n) is 8.44. The molecule has 2 aromatic carbocycles. The van der Waals surface area contributed by atoms with E-state index in [1.807, 2.05) is 12.1 Å². The molecule has 0 fully saturated rings. The van der Waals surface area contributed by atoms with Gasteiger partial charge in [-0.15, -0.1) is 0 Å². The van der Waals surface area contributed by atoms with Crippen molar-refractivity contribution in [2.45, 2.75) is 19.8 Å². The number of hydrogen-bond acceptors (Lipinski definition) is 5. The number of ether oxygens (including phenoxy) is 3. The number of nitrogens with two attached hydrogens (primary N) is 1. The molecule has 5 nitrogen and oxygen atoms in total. The molecule has 0 aliphatic heterocycles. The molecule has 3 rings (SSSR count). The van der Waals surface area contributed by atoms with Crippen molar-refractivity contribution in [3.8, 4) is 23.0 Å². The molecule has 0 aliphatic rings. The number of nitrogen functional groups attached to an aromatic ring is 1. The van der Waals surface area contributed by atoms with Crippen LogP contribution >= 0.6 is 0 Å². The first-order valence-corrected chi connectivity index (χ1v) is 8.44. The van der Waals surface area contributed by atoms with Gasteiger partial charge in [0.1, 0.15) is 17.3 Å². The number of halogens is 1. The van der Waals surface area contributed by atoms with Gasteiger partial charge in [0.25, 0.3) is 0 Å². The van der Waals surface area contributed by atoms with E-state index < -0.39 is 5.82 Å². The van der Waals surface area contributed by atoms with E-state index in [-0.39, 0.29) is 5.69 Å². The maximum Gasteiger partial charge on any atom is 0.163 e. The average Bonchev–Trinajstić information content (AvgIpc) is 2.64. The molecule has 3 aromatic rings. The number of nitrogens with zero attached hydrogens (tertiary/aromatic N) is 1. The summed E-state index contributed by atoms with van der Waals surface area (Å²) >= 11 is 0. The SMILES string of the molecule is CCCCOc1cc2nccc(Oc3ccc(N)c(F)c3)c2cc1OC. The molecule has 0 atom stereocenters. The lowest BCUT2D eigenvalue weighted by Gasteiger charge is -2.14. The Morgan fingerprint density at radius 1 is 1.08 bits per heavy atom. The summed E-state index contributed by atoms with van der Waals surface area (Å²) < 4.78 is 30.7. The molecular formula is C20H21FN2O3. The van der Waals surface area contributed by atoms with Crippen molar-refractivity contribution in [3.05, 3.63) is 48.4 Å². The smallest absolute Gasteiger partial charge is 0.163 e. The Morgan fingerprint density at radius 3 is 2.65 bits per heavy atom. The normalized spacial score (nSPS) is 10.7. The molecule has 0 unspecified atom stereocenters. The van der Waals surface area contributed by atoms with Crippen LogP contribution in [0.5, 0.6) is 23.0 Å². The summed E-state index contributed by atoms with van der Waals surface area (Å²) in [7, 11) is 1.58. The third-order valence-electron chi connectivity index (χ3n) is 3.94. The second-order valence-corrected chi connectivity index (χ2v) is 5.82. The van der Waals surface area contributed by atoms with Crippen LogP contribution in [0.3, 0.4) is 0 Å². The summed E-state index contributed by atoms with van der Waals surface area (Å²) in [6, 6.07) is 9.68. The summed E-state index contributed by atoms with van der Waals surface area (Å²) in [4.78, 5) is 4.37. The van der Waals surface area contributed by atoms with Crippen molar-refractivity contribution in [3.63, 3.8) is 0 Å². The third kappa shape index (κ3) is 3.79. The van der Waals surface area contributed by atoms with Crippen molar-refractivity contribution in [1.82, 2.24) is 4.98 Å². The third-order valence-corrected chi connectivity index (χ3v) is 3.94. The largest absolute Gasteiger partial charge is 0.493 e. The molecule has 0 saturated carbocycles. The number of anilines is 1. The van der Waals surface area contributed by atoms with Crippen molar-refractivity contribution in [2.24, 2.45) is 0 Å². The Balaban J connectivity index is 1.97. The molecule has 0 bridgehead atoms. The summed E-state index contributed by atoms with van der Waals surface area (Å²) in [5.41, 5.74) is 6.28. The zero-order valence-corrected chi connectivity index (χ0v) is 14.8. The summed E-state index contributed by atoms with van der Waals surface area (Å²) in [5.74, 6) is 1.60. The molecule has 0 amide bonds. The van der Waals surface area contributed by atoms with Gasteiger partial charge in [-0.2, -0.15) is 0 Å². The van der Waals surface area contributed by atoms with Gasteiger partial charge < -0.3 is 19.9 Å². The van der Waals surface area contributed by atoms with Crippen molar-refractivity contribution >= 4 is 16.6 Å². The number of benzene rings is 2. The maximum absolute atomic E-state index is 13.7. The molecule has 6 heteroatoms. The van der Waals surface area contributed by atoms with E-state index in [4.69, 9.17) is 19.9 Å². The van der Waals surface area contributed by atoms with Gasteiger partial charge >= 0.3 is 0 Å². The highest BCUT2D eigenvalue weighted by Gasteiger charge is 2.12. The highest BCUT2D eigenvalue weighted by atomic mass is 19.1. The van der Waals surface area contributed by atoms with Gasteiger partial charge in [-0.1, -0.05) is 13.3 Å². The van der Waals surface area contributed by atoms with Crippen LogP contribution < -0.4 is 19.9 Å². The zero-order chi connectivity index (χ0) is 18.5. The molecule has 136 valence electrons. The van der Waals surface area contributed by atoms with Gasteiger partial charge in [-0.25, -0.2) is 4.39 Å². The molecule has 2 N–H and O–H groups in total. The number of methoxy groups -OCH3 is 1. The Morgan fingerprint density at radius 2 is 1.92 bits per heavy atom. The van der Waals surface area contributed by atoms with Crippen LogP contribution in [-0.4, -0.2) is 18.7 Å². The Hall–Kier alpha value is -3.02. The van der Waals surface area contributed by atoms with Gasteiger partial charge in [-0.05, 0) is 30.7 Å². The lowest BCUT2D eigenvalue weighted by atomic mass is 10.1. The van der Waals surface area contributed by atoms with E-state index in [0.717, 1.165) is 18.2 Å². The minimum atomic E-state index is -0.523. The fraction of sp³-hybridized carbons (Fsp3) is 0.250. The molecule has 0 spiro atoms. The van der Waals surface area contributed by atoms with Crippen LogP contribution in [0.15, 0.2) is 42.6 Å². The molecule has 26 heavy (non-hydrogen) atoms. The quantitative estimate of drug-likeness (QED) is 0.480. The number of hydrogen-bond donors (Lipinski definition) is 1. The van der Waals surface area contributed by atoms with E-state index in [1.165, 1.54) is 12.1 Å². The highest BCUT2D eigenvalue weighted by molar-refractivity contribution is 5.88. The van der Waals surface area contributed by atoms with E-state index in [1.54, 1.807) is 25.4 Å². The second kappa shape index (κ2) is 7.91. The molecule has 1 aromatic heterocycles. The van der Waals surface area contributed by atoms with E-state index in [9.17, 15) is 4.39 Å². The summed E-state index contributed by atoms with van der Waals surface area (Å²) in [6.45, 7) is 2.71. The first-order chi connectivity index (χ1) is 12.6. The Labute approximate surface area is 151 Å². The lowest BCUT2D eigenvalue weighted by Crippen LogP contribution is -1.99. The van der Waals surface area contributed by atoms with Crippen LogP contribution in [-0.2, 0) is 0 Å². The van der Waals surface area contributed by atoms with Gasteiger partial charge in [-0.3, -0.25) is 4.98 Å². The fourth-order valence-corrected chi connectivity index (χ4v) is 2.51. The molecule has 0 saturated heterocycles. The number of pyridine rings is 1. The van der Waals surface area contributed by atoms with Crippen molar-refractivity contribution in [2.75, 3.05) is 19.5 Å². The number of unbranched alkanes of at least 4 members (excludes halogenated alkanes) is 1. The van der Waals surface area contributed by atoms with Gasteiger partial charge in [0.05, 0.1) is 24.9 Å². The molecular weight excluding hydrogens is 335 g/mol. The van der Waals surface area contributed by atoms with Crippen LogP contribution in [0.1, 0.15) is 19.8 Å². The van der Waals surface area contributed by atoms with Gasteiger partial charge in [0.2, 0.25) is 0 Å². The average molecular weight is 356 g/mol. The van der Waals surface area contributed by atoms with Crippen LogP contribution in [0.25, 0.3) is 10.9 Å². The van der Waals surface area contributed by atoms with Gasteiger partial charge in [0.15, 0.2) is 11.5 Å². The molecule has 1 heterocycles. The van der Waals surface area contributed by atoms with E-state index >= 15 is 0 Å². The Kier molecular flexibility index (Phi) is 5.41. The predicted molar refractivity (Wildman–Crippen MR) is 99.6 cm³/mol. The number of aromatic nitrogens is 1. The molecule has 0 aliphatic carbocycles. The zero-order valence-electron chi connectivity index (χ0n) is 14.8. The molecule has 0 radical (unpaired) electrons. The number of fused-ring (bicyclic) bond motifs is 1. The Bertz CT molecular complexity index is 915. The highest BCUT2D eigenvalue weighted by Crippen LogP contribution is 2.37. The summed E-state index contributed by atoms with van der Waals surface area (Å²) in [5, 5.41) is 0.740. The predicted octanol–water partition coefficient (Wildman–Crippen LogP) is 4.94. The first kappa shape index (κ1) is 17.8. The van der Waals surface area contributed by atoms with Gasteiger partial charge in [0, 0.05) is 23.7 Å². The van der Waals surface area contributed by atoms with Crippen LogP contribution in [0.4, 0.5) is 10.1 Å². The second-order valence-electron chi connectivity index (χ2n) is 5.82. The van der Waals surface area contributed by atoms with Crippen molar-refractivity contribution < 1.29 is 18.6 Å². The minimum Gasteiger partial charge on any atom is -0.493 e. The van der Waals surface area contributed by atoms with Crippen LogP contribution in [0, 0.1) is 5.82 Å². The minimum absolute atomic E-state index is 0.0764. The fourth-order valence-electron chi connectivity index (χ4n) is 2.51. The topological polar surface area (TPSA) is 66.6 Å². The lowest BCUT2D eigenvalue weighted by molar-refractivity contribution is 0.289. The monoisotopic (exact) mass is 356 g/mol. The maximum atomic E-state index is 13.7. The van der Waals surface area contributed by atoms with E-state index in [0.29, 0.717) is 35.1 Å². The number of rotatable bonds is 7. The summed E-state index contributed by atoms with van der Waals surface area (Å²) in [6.07, 6.45) is 3.64. The van der Waals surface area contributed by atoms with Crippen molar-refractivity contribution in [1.29, 1.82) is 0 Å². The van der Waals surface area contributed by atoms with Crippen LogP contribution in [0.2, 0.25) is 0 Å².